The number of carbonyl (C=O) groups excluding carboxylic acids is 1. The number of halogens is 1. The first-order valence-electron chi connectivity index (χ1n) is 12.0. The maximum Gasteiger partial charge on any atom is 0.409 e. The number of likely N-dealkylation sites (tertiary alicyclic amines) is 1. The molecule has 36 heavy (non-hydrogen) atoms. The van der Waals surface area contributed by atoms with Gasteiger partial charge < -0.3 is 19.5 Å². The summed E-state index contributed by atoms with van der Waals surface area (Å²) in [4.78, 5) is 27.8. The second kappa shape index (κ2) is 10.6. The Hall–Kier alpha value is -4.27. The van der Waals surface area contributed by atoms with Crippen molar-refractivity contribution in [1.82, 2.24) is 24.4 Å². The number of ether oxygens (including phenoxy) is 1. The zero-order valence-electron chi connectivity index (χ0n) is 20.0. The van der Waals surface area contributed by atoms with Crippen molar-refractivity contribution >= 4 is 17.7 Å². The van der Waals surface area contributed by atoms with Crippen LogP contribution in [-0.2, 0) is 4.74 Å². The minimum absolute atomic E-state index is 0.118. The van der Waals surface area contributed by atoms with Crippen LogP contribution in [0.25, 0.3) is 22.6 Å². The number of para-hydroxylation sites is 1. The van der Waals surface area contributed by atoms with Crippen molar-refractivity contribution in [1.29, 1.82) is 0 Å². The molecule has 1 fully saturated rings. The van der Waals surface area contributed by atoms with E-state index in [1.54, 1.807) is 23.2 Å². The summed E-state index contributed by atoms with van der Waals surface area (Å²) in [6.07, 6.45) is 4.76. The maximum absolute atomic E-state index is 13.6. The van der Waals surface area contributed by atoms with Crippen molar-refractivity contribution in [3.05, 3.63) is 79.0 Å². The topological polar surface area (TPSA) is 85.2 Å². The molecule has 5 rings (SSSR count). The van der Waals surface area contributed by atoms with Gasteiger partial charge in [0.25, 0.3) is 0 Å². The largest absolute Gasteiger partial charge is 0.450 e. The number of aromatic nitrogens is 4. The van der Waals surface area contributed by atoms with Crippen LogP contribution in [0.3, 0.4) is 0 Å². The summed E-state index contributed by atoms with van der Waals surface area (Å²) in [6, 6.07) is 18.0. The molecule has 1 N–H and O–H groups in total. The number of hydrogen-bond acceptors (Lipinski definition) is 6. The number of piperidine rings is 1. The van der Waals surface area contributed by atoms with Gasteiger partial charge in [-0.05, 0) is 62.2 Å². The van der Waals surface area contributed by atoms with Crippen LogP contribution in [0.1, 0.15) is 25.8 Å². The number of nitrogens with one attached hydrogen (secondary N) is 1. The van der Waals surface area contributed by atoms with Crippen LogP contribution in [-0.4, -0.2) is 50.2 Å². The summed E-state index contributed by atoms with van der Waals surface area (Å²) >= 11 is 0. The van der Waals surface area contributed by atoms with Crippen molar-refractivity contribution in [2.24, 2.45) is 0 Å². The Bertz CT molecular complexity index is 1320. The number of nitrogens with zero attached hydrogens (tertiary/aromatic N) is 5. The van der Waals surface area contributed by atoms with E-state index in [-0.39, 0.29) is 18.0 Å². The van der Waals surface area contributed by atoms with Crippen molar-refractivity contribution in [3.8, 4) is 22.6 Å². The van der Waals surface area contributed by atoms with Gasteiger partial charge in [0.15, 0.2) is 0 Å². The molecular weight excluding hydrogens is 459 g/mol. The van der Waals surface area contributed by atoms with Crippen LogP contribution in [0, 0.1) is 5.82 Å². The quantitative estimate of drug-likeness (QED) is 0.377. The van der Waals surface area contributed by atoms with Gasteiger partial charge in [-0.15, -0.1) is 0 Å². The second-order valence-corrected chi connectivity index (χ2v) is 8.53. The molecule has 0 radical (unpaired) electrons. The van der Waals surface area contributed by atoms with Gasteiger partial charge >= 0.3 is 6.09 Å². The summed E-state index contributed by atoms with van der Waals surface area (Å²) < 4.78 is 20.9. The molecule has 184 valence electrons. The third-order valence-electron chi connectivity index (χ3n) is 6.22. The van der Waals surface area contributed by atoms with E-state index in [1.165, 1.54) is 12.1 Å². The number of hydrogen-bond donors (Lipinski definition) is 1. The highest BCUT2D eigenvalue weighted by atomic mass is 19.1. The van der Waals surface area contributed by atoms with Crippen molar-refractivity contribution in [2.45, 2.75) is 25.8 Å². The Balaban J connectivity index is 1.49. The van der Waals surface area contributed by atoms with E-state index in [1.807, 2.05) is 49.6 Å². The van der Waals surface area contributed by atoms with E-state index >= 15 is 0 Å². The molecule has 2 aromatic heterocycles. The summed E-state index contributed by atoms with van der Waals surface area (Å²) in [5.41, 5.74) is 3.92. The van der Waals surface area contributed by atoms with Crippen LogP contribution in [0.15, 0.2) is 73.2 Å². The molecule has 0 aliphatic carbocycles. The lowest BCUT2D eigenvalue weighted by Crippen LogP contribution is -2.39. The fourth-order valence-corrected chi connectivity index (χ4v) is 4.45. The van der Waals surface area contributed by atoms with Crippen LogP contribution in [0.5, 0.6) is 0 Å². The maximum atomic E-state index is 13.6. The SMILES string of the molecule is CCOC(=O)N1CCC(n2cnc(-c3ccc(F)cc3)c2-c2ccnc(Nc3ccccc3)n2)CC1. The molecule has 1 aliphatic rings. The lowest BCUT2D eigenvalue weighted by molar-refractivity contribution is 0.0928. The van der Waals surface area contributed by atoms with Gasteiger partial charge in [-0.2, -0.15) is 0 Å². The highest BCUT2D eigenvalue weighted by molar-refractivity contribution is 5.77. The average Bonchev–Trinajstić information content (AvgIpc) is 3.35. The normalized spacial score (nSPS) is 14.0. The molecule has 0 spiro atoms. The van der Waals surface area contributed by atoms with Gasteiger partial charge in [0.05, 0.1) is 30.0 Å². The van der Waals surface area contributed by atoms with Crippen molar-refractivity contribution in [2.75, 3.05) is 25.0 Å². The molecule has 8 nitrogen and oxygen atoms in total. The van der Waals surface area contributed by atoms with E-state index in [9.17, 15) is 9.18 Å². The molecule has 1 saturated heterocycles. The molecular formula is C27H27FN6O2. The Morgan fingerprint density at radius 3 is 2.53 bits per heavy atom. The average molecular weight is 487 g/mol. The molecule has 9 heteroatoms. The monoisotopic (exact) mass is 486 g/mol. The summed E-state index contributed by atoms with van der Waals surface area (Å²) in [5.74, 6) is 0.163. The van der Waals surface area contributed by atoms with Crippen molar-refractivity contribution < 1.29 is 13.9 Å². The Morgan fingerprint density at radius 2 is 1.81 bits per heavy atom. The zero-order valence-corrected chi connectivity index (χ0v) is 20.0. The lowest BCUT2D eigenvalue weighted by atomic mass is 10.0. The van der Waals surface area contributed by atoms with Gasteiger partial charge in [0, 0.05) is 36.6 Å². The van der Waals surface area contributed by atoms with Gasteiger partial charge in [0.2, 0.25) is 5.95 Å². The van der Waals surface area contributed by atoms with E-state index in [2.05, 4.69) is 14.9 Å². The van der Waals surface area contributed by atoms with Crippen LogP contribution < -0.4 is 5.32 Å². The smallest absolute Gasteiger partial charge is 0.409 e. The lowest BCUT2D eigenvalue weighted by Gasteiger charge is -2.32. The van der Waals surface area contributed by atoms with E-state index < -0.39 is 0 Å². The summed E-state index contributed by atoms with van der Waals surface area (Å²) in [7, 11) is 0. The van der Waals surface area contributed by atoms with Crippen molar-refractivity contribution in [3.63, 3.8) is 0 Å². The first-order valence-corrected chi connectivity index (χ1v) is 12.0. The van der Waals surface area contributed by atoms with Gasteiger partial charge in [-0.3, -0.25) is 0 Å². The number of benzene rings is 2. The summed E-state index contributed by atoms with van der Waals surface area (Å²) in [6.45, 7) is 3.36. The molecule has 1 amide bonds. The number of rotatable bonds is 6. The number of anilines is 2. The third-order valence-corrected chi connectivity index (χ3v) is 6.22. The molecule has 3 heterocycles. The van der Waals surface area contributed by atoms with Crippen LogP contribution in [0.4, 0.5) is 20.8 Å². The molecule has 4 aromatic rings. The van der Waals surface area contributed by atoms with Gasteiger partial charge in [-0.1, -0.05) is 18.2 Å². The number of imidazole rings is 1. The number of carbonyl (C=O) groups is 1. The Kier molecular flexibility index (Phi) is 6.88. The van der Waals surface area contributed by atoms with Crippen LogP contribution >= 0.6 is 0 Å². The number of amides is 1. The summed E-state index contributed by atoms with van der Waals surface area (Å²) in [5, 5.41) is 3.24. The third kappa shape index (κ3) is 5.05. The van der Waals surface area contributed by atoms with E-state index in [0.717, 1.165) is 29.8 Å². The molecule has 0 saturated carbocycles. The minimum Gasteiger partial charge on any atom is -0.450 e. The van der Waals surface area contributed by atoms with E-state index in [0.29, 0.717) is 37.0 Å². The van der Waals surface area contributed by atoms with Crippen LogP contribution in [0.2, 0.25) is 0 Å². The van der Waals surface area contributed by atoms with Gasteiger partial charge in [0.1, 0.15) is 5.82 Å². The predicted molar refractivity (Wildman–Crippen MR) is 135 cm³/mol. The molecule has 2 aromatic carbocycles. The highest BCUT2D eigenvalue weighted by Crippen LogP contribution is 2.35. The minimum atomic E-state index is -0.303. The Labute approximate surface area is 208 Å². The fourth-order valence-electron chi connectivity index (χ4n) is 4.45. The molecule has 0 bridgehead atoms. The zero-order chi connectivity index (χ0) is 24.9. The fraction of sp³-hybridized carbons (Fsp3) is 0.259. The van der Waals surface area contributed by atoms with E-state index in [4.69, 9.17) is 14.7 Å². The standard InChI is InChI=1S/C27H27FN6O2/c1-2-36-27(35)33-16-13-22(14-17-33)34-18-30-24(19-8-10-20(28)11-9-19)25(34)23-12-15-29-26(32-23)31-21-6-4-3-5-7-21/h3-12,15,18,22H,2,13-14,16-17H2,1H3,(H,29,31,32). The predicted octanol–water partition coefficient (Wildman–Crippen LogP) is 5.68. The second-order valence-electron chi connectivity index (χ2n) is 8.53. The highest BCUT2D eigenvalue weighted by Gasteiger charge is 2.28. The molecule has 0 atom stereocenters. The first-order chi connectivity index (χ1) is 17.6. The first kappa shape index (κ1) is 23.5. The molecule has 1 aliphatic heterocycles. The Morgan fingerprint density at radius 1 is 1.06 bits per heavy atom. The van der Waals surface area contributed by atoms with Gasteiger partial charge in [-0.25, -0.2) is 24.1 Å². The molecule has 0 unspecified atom stereocenters.